The molecule has 194 valence electrons. The number of nitrogens with zero attached hydrogens (tertiary/aromatic N) is 4. The number of rotatable bonds is 8. The number of anilines is 1. The van der Waals surface area contributed by atoms with Crippen LogP contribution in [-0.2, 0) is 14.9 Å². The summed E-state index contributed by atoms with van der Waals surface area (Å²) >= 11 is 14.0. The van der Waals surface area contributed by atoms with Crippen molar-refractivity contribution in [1.29, 1.82) is 0 Å². The number of hydrogen-bond acceptors (Lipinski definition) is 7. The predicted octanol–water partition coefficient (Wildman–Crippen LogP) is 5.22. The van der Waals surface area contributed by atoms with Crippen molar-refractivity contribution < 1.29 is 14.3 Å². The highest BCUT2D eigenvalue weighted by Gasteiger charge is 2.18. The van der Waals surface area contributed by atoms with E-state index in [1.54, 1.807) is 18.2 Å². The van der Waals surface area contributed by atoms with Gasteiger partial charge >= 0.3 is 6.09 Å². The molecule has 0 spiro atoms. The summed E-state index contributed by atoms with van der Waals surface area (Å²) in [6.07, 6.45) is 0.309. The summed E-state index contributed by atoms with van der Waals surface area (Å²) in [6, 6.07) is 10.9. The predicted molar refractivity (Wildman–Crippen MR) is 145 cm³/mol. The third-order valence-corrected chi connectivity index (χ3v) is 6.52. The van der Waals surface area contributed by atoms with E-state index in [0.29, 0.717) is 45.0 Å². The van der Waals surface area contributed by atoms with Gasteiger partial charge in [-0.25, -0.2) is 4.79 Å². The molecule has 2 amide bonds. The smallest absolute Gasteiger partial charge is 0.404 e. The van der Waals surface area contributed by atoms with Crippen molar-refractivity contribution in [3.8, 4) is 17.5 Å². The van der Waals surface area contributed by atoms with Crippen LogP contribution in [0.4, 0.5) is 10.5 Å². The van der Waals surface area contributed by atoms with E-state index < -0.39 is 6.09 Å². The van der Waals surface area contributed by atoms with E-state index in [-0.39, 0.29) is 23.7 Å². The monoisotopic (exact) mass is 560 g/mol. The molecule has 0 radical (unpaired) electrons. The summed E-state index contributed by atoms with van der Waals surface area (Å²) in [6.45, 7) is 6.54. The van der Waals surface area contributed by atoms with Crippen molar-refractivity contribution in [2.24, 2.45) is 5.73 Å². The van der Waals surface area contributed by atoms with Gasteiger partial charge in [0.05, 0.1) is 33.8 Å². The van der Waals surface area contributed by atoms with Gasteiger partial charge in [0.1, 0.15) is 0 Å². The third kappa shape index (κ3) is 8.39. The maximum atomic E-state index is 12.6. The van der Waals surface area contributed by atoms with Crippen LogP contribution >= 0.6 is 35.0 Å². The molecule has 37 heavy (non-hydrogen) atoms. The van der Waals surface area contributed by atoms with Crippen LogP contribution in [0.2, 0.25) is 10.0 Å². The second-order valence-electron chi connectivity index (χ2n) is 8.89. The molecule has 1 aromatic heterocycles. The average Bonchev–Trinajstić information content (AvgIpc) is 3.29. The zero-order chi connectivity index (χ0) is 27.0. The largest absolute Gasteiger partial charge is 0.450 e. The lowest BCUT2D eigenvalue weighted by Gasteiger charge is -2.20. The van der Waals surface area contributed by atoms with Crippen molar-refractivity contribution in [1.82, 2.24) is 20.2 Å². The number of benzene rings is 2. The highest BCUT2D eigenvalue weighted by molar-refractivity contribution is 7.99. The Labute approximate surface area is 229 Å². The molecule has 0 atom stereocenters. The first-order chi connectivity index (χ1) is 17.5. The van der Waals surface area contributed by atoms with Crippen LogP contribution in [0.25, 0.3) is 5.69 Å². The van der Waals surface area contributed by atoms with E-state index in [9.17, 15) is 9.59 Å². The van der Waals surface area contributed by atoms with Gasteiger partial charge in [0, 0.05) is 12.0 Å². The second kappa shape index (κ2) is 12.8. The van der Waals surface area contributed by atoms with Gasteiger partial charge in [0.15, 0.2) is 0 Å². The molecule has 3 aromatic rings. The number of halogens is 2. The van der Waals surface area contributed by atoms with Crippen LogP contribution in [0.5, 0.6) is 0 Å². The Hall–Kier alpha value is -3.26. The first-order valence-corrected chi connectivity index (χ1v) is 13.0. The minimum Gasteiger partial charge on any atom is -0.450 e. The van der Waals surface area contributed by atoms with Gasteiger partial charge in [-0.15, -0.1) is 5.10 Å². The number of aromatic nitrogens is 4. The molecule has 3 N–H and O–H groups in total. The summed E-state index contributed by atoms with van der Waals surface area (Å²) in [5.74, 6) is 5.73. The number of thioether (sulfide) groups is 1. The molecule has 0 bridgehead atoms. The summed E-state index contributed by atoms with van der Waals surface area (Å²) in [5, 5.41) is 15.9. The molecule has 0 saturated heterocycles. The van der Waals surface area contributed by atoms with Crippen LogP contribution in [0, 0.1) is 11.8 Å². The van der Waals surface area contributed by atoms with Gasteiger partial charge in [0.25, 0.3) is 0 Å². The van der Waals surface area contributed by atoms with Crippen molar-refractivity contribution in [2.45, 2.75) is 44.2 Å². The van der Waals surface area contributed by atoms with E-state index in [1.165, 1.54) is 16.4 Å². The Morgan fingerprint density at radius 1 is 1.16 bits per heavy atom. The van der Waals surface area contributed by atoms with E-state index in [4.69, 9.17) is 28.9 Å². The number of carbonyl (C=O) groups is 2. The molecule has 3 rings (SSSR count). The van der Waals surface area contributed by atoms with Crippen LogP contribution < -0.4 is 11.1 Å². The molecule has 0 unspecified atom stereocenters. The number of nitrogens with two attached hydrogens (primary N) is 1. The zero-order valence-electron chi connectivity index (χ0n) is 20.5. The Morgan fingerprint density at radius 3 is 2.62 bits per heavy atom. The molecule has 0 fully saturated rings. The summed E-state index contributed by atoms with van der Waals surface area (Å²) in [5.41, 5.74) is 7.73. The standard InChI is InChI=1S/C25H26Cl2N6O3S/c1-25(2,3)17-9-11-21(19(27)14-17)33-24(30-31-32-33)37-15-22(34)29-20-10-8-16(13-18(20)26)7-5-4-6-12-36-23(28)35/h8-11,13-14H,4,6,12,15H2,1-3H3,(H2,28,35)(H,29,34). The van der Waals surface area contributed by atoms with Gasteiger partial charge in [0.2, 0.25) is 11.1 Å². The van der Waals surface area contributed by atoms with Crippen molar-refractivity contribution in [3.05, 3.63) is 57.6 Å². The van der Waals surface area contributed by atoms with E-state index in [0.717, 1.165) is 5.56 Å². The molecule has 0 aliphatic carbocycles. The summed E-state index contributed by atoms with van der Waals surface area (Å²) in [7, 11) is 0. The minimum absolute atomic E-state index is 0.0485. The number of carbonyl (C=O) groups excluding carboxylic acids is 2. The maximum absolute atomic E-state index is 12.6. The first-order valence-electron chi connectivity index (χ1n) is 11.3. The number of tetrazole rings is 1. The van der Waals surface area contributed by atoms with Crippen molar-refractivity contribution >= 4 is 52.7 Å². The van der Waals surface area contributed by atoms with E-state index in [2.05, 4.69) is 58.2 Å². The summed E-state index contributed by atoms with van der Waals surface area (Å²) in [4.78, 5) is 23.1. The van der Waals surface area contributed by atoms with Crippen molar-refractivity contribution in [3.63, 3.8) is 0 Å². The maximum Gasteiger partial charge on any atom is 0.404 e. The topological polar surface area (TPSA) is 125 Å². The van der Waals surface area contributed by atoms with Crippen LogP contribution in [-0.4, -0.2) is 44.6 Å². The molecule has 0 aliphatic heterocycles. The molecule has 1 heterocycles. The quantitative estimate of drug-likeness (QED) is 0.219. The second-order valence-corrected chi connectivity index (χ2v) is 10.7. The minimum atomic E-state index is -0.801. The number of primary amides is 1. The normalized spacial score (nSPS) is 10.9. The highest BCUT2D eigenvalue weighted by Crippen LogP contribution is 2.30. The number of amides is 2. The highest BCUT2D eigenvalue weighted by atomic mass is 35.5. The van der Waals surface area contributed by atoms with Crippen LogP contribution in [0.3, 0.4) is 0 Å². The van der Waals surface area contributed by atoms with Gasteiger partial charge in [-0.1, -0.05) is 73.6 Å². The fourth-order valence-corrected chi connectivity index (χ4v) is 4.25. The van der Waals surface area contributed by atoms with Crippen LogP contribution in [0.15, 0.2) is 41.6 Å². The molecule has 12 heteroatoms. The van der Waals surface area contributed by atoms with Gasteiger partial charge in [-0.3, -0.25) is 4.79 Å². The molecular weight excluding hydrogens is 535 g/mol. The number of ether oxygens (including phenoxy) is 1. The average molecular weight is 561 g/mol. The van der Waals surface area contributed by atoms with Gasteiger partial charge in [-0.05, 0) is 58.2 Å². The molecule has 0 aliphatic rings. The molecule has 0 saturated carbocycles. The molecular formula is C25H26Cl2N6O3S. The number of unbranched alkanes of at least 4 members (excludes halogenated alkanes) is 1. The Kier molecular flexibility index (Phi) is 9.80. The zero-order valence-corrected chi connectivity index (χ0v) is 22.9. The SMILES string of the molecule is CC(C)(C)c1ccc(-n2nnnc2SCC(=O)Nc2ccc(C#CCCCOC(N)=O)cc2Cl)c(Cl)c1. The van der Waals surface area contributed by atoms with E-state index in [1.807, 2.05) is 18.2 Å². The molecule has 9 nitrogen and oxygen atoms in total. The fraction of sp³-hybridized carbons (Fsp3) is 0.320. The summed E-state index contributed by atoms with van der Waals surface area (Å²) < 4.78 is 6.16. The lowest BCUT2D eigenvalue weighted by atomic mass is 9.87. The molecule has 2 aromatic carbocycles. The van der Waals surface area contributed by atoms with Gasteiger partial charge < -0.3 is 15.8 Å². The Morgan fingerprint density at radius 2 is 1.95 bits per heavy atom. The Bertz CT molecular complexity index is 1340. The first kappa shape index (κ1) is 28.3. The van der Waals surface area contributed by atoms with Gasteiger partial charge in [-0.2, -0.15) is 4.68 Å². The number of nitrogens with one attached hydrogen (secondary N) is 1. The fourth-order valence-electron chi connectivity index (χ4n) is 3.07. The van der Waals surface area contributed by atoms with Crippen molar-refractivity contribution in [2.75, 3.05) is 17.7 Å². The third-order valence-electron chi connectivity index (χ3n) is 4.98. The number of hydrogen-bond donors (Lipinski definition) is 2. The van der Waals surface area contributed by atoms with Crippen LogP contribution in [0.1, 0.15) is 44.7 Å². The lowest BCUT2D eigenvalue weighted by Crippen LogP contribution is -2.15. The Balaban J connectivity index is 1.57. The van der Waals surface area contributed by atoms with E-state index >= 15 is 0 Å². The lowest BCUT2D eigenvalue weighted by molar-refractivity contribution is -0.113.